The lowest BCUT2D eigenvalue weighted by Crippen LogP contribution is -2.34. The minimum absolute atomic E-state index is 0.0653. The molecule has 0 atom stereocenters. The molecule has 0 aliphatic carbocycles. The molecule has 0 aliphatic heterocycles. The van der Waals surface area contributed by atoms with E-state index in [0.29, 0.717) is 0 Å². The number of benzene rings is 1. The molecule has 1 aromatic carbocycles. The average molecular weight is 313 g/mol. The van der Waals surface area contributed by atoms with E-state index in [2.05, 4.69) is 31.1 Å². The molecular weight excluding hydrogens is 295 g/mol. The SMILES string of the molecule is Cc1nc(-c2ccc(F)c(Cl)c2)sc1CNC(C)(C)C. The fourth-order valence-corrected chi connectivity index (χ4v) is 2.87. The summed E-state index contributed by atoms with van der Waals surface area (Å²) < 4.78 is 13.2. The summed E-state index contributed by atoms with van der Waals surface area (Å²) in [5, 5.41) is 4.45. The van der Waals surface area contributed by atoms with Crippen LogP contribution in [-0.4, -0.2) is 10.5 Å². The van der Waals surface area contributed by atoms with Gasteiger partial charge in [0.25, 0.3) is 0 Å². The quantitative estimate of drug-likeness (QED) is 0.880. The second-order valence-electron chi connectivity index (χ2n) is 5.76. The zero-order chi connectivity index (χ0) is 14.9. The van der Waals surface area contributed by atoms with Crippen LogP contribution in [-0.2, 0) is 6.54 Å². The lowest BCUT2D eigenvalue weighted by Gasteiger charge is -2.19. The highest BCUT2D eigenvalue weighted by atomic mass is 35.5. The monoisotopic (exact) mass is 312 g/mol. The Hall–Kier alpha value is -0.970. The summed E-state index contributed by atoms with van der Waals surface area (Å²) in [6.07, 6.45) is 0. The Morgan fingerprint density at radius 1 is 1.35 bits per heavy atom. The van der Waals surface area contributed by atoms with Crippen molar-refractivity contribution in [3.63, 3.8) is 0 Å². The van der Waals surface area contributed by atoms with Crippen LogP contribution in [0.2, 0.25) is 5.02 Å². The zero-order valence-electron chi connectivity index (χ0n) is 12.1. The van der Waals surface area contributed by atoms with Gasteiger partial charge < -0.3 is 5.32 Å². The molecule has 2 rings (SSSR count). The second kappa shape index (κ2) is 5.80. The molecule has 0 fully saturated rings. The van der Waals surface area contributed by atoms with Crippen molar-refractivity contribution in [2.45, 2.75) is 39.8 Å². The summed E-state index contributed by atoms with van der Waals surface area (Å²) in [5.41, 5.74) is 1.92. The number of nitrogens with one attached hydrogen (secondary N) is 1. The third-order valence-corrected chi connectivity index (χ3v) is 4.33. The standard InChI is InChI=1S/C15H18ClFN2S/c1-9-13(8-18-15(2,3)4)20-14(19-9)10-5-6-12(17)11(16)7-10/h5-7,18H,8H2,1-4H3. The predicted molar refractivity (Wildman–Crippen MR) is 83.8 cm³/mol. The Labute approximate surface area is 128 Å². The molecule has 0 saturated carbocycles. The van der Waals surface area contributed by atoms with Crippen molar-refractivity contribution in [3.8, 4) is 10.6 Å². The molecular formula is C15H18ClFN2S. The van der Waals surface area contributed by atoms with Crippen LogP contribution < -0.4 is 5.32 Å². The van der Waals surface area contributed by atoms with Gasteiger partial charge in [-0.05, 0) is 45.9 Å². The van der Waals surface area contributed by atoms with Gasteiger partial charge in [0, 0.05) is 22.5 Å². The van der Waals surface area contributed by atoms with Gasteiger partial charge in [0.1, 0.15) is 10.8 Å². The molecule has 1 N–H and O–H groups in total. The van der Waals surface area contributed by atoms with Gasteiger partial charge in [0.15, 0.2) is 0 Å². The second-order valence-corrected chi connectivity index (χ2v) is 7.25. The number of hydrogen-bond donors (Lipinski definition) is 1. The highest BCUT2D eigenvalue weighted by molar-refractivity contribution is 7.15. The van der Waals surface area contributed by atoms with Crippen LogP contribution in [0.4, 0.5) is 4.39 Å². The maximum absolute atomic E-state index is 13.2. The van der Waals surface area contributed by atoms with E-state index in [1.54, 1.807) is 23.5 Å². The smallest absolute Gasteiger partial charge is 0.141 e. The van der Waals surface area contributed by atoms with E-state index in [9.17, 15) is 4.39 Å². The number of thiazole rings is 1. The van der Waals surface area contributed by atoms with E-state index in [1.165, 1.54) is 10.9 Å². The van der Waals surface area contributed by atoms with E-state index < -0.39 is 5.82 Å². The van der Waals surface area contributed by atoms with Crippen molar-refractivity contribution in [1.29, 1.82) is 0 Å². The van der Waals surface area contributed by atoms with Gasteiger partial charge >= 0.3 is 0 Å². The van der Waals surface area contributed by atoms with Crippen molar-refractivity contribution in [2.24, 2.45) is 0 Å². The average Bonchev–Trinajstić information content (AvgIpc) is 2.71. The predicted octanol–water partition coefficient (Wildman–Crippen LogP) is 4.80. The molecule has 2 nitrogen and oxygen atoms in total. The van der Waals surface area contributed by atoms with Crippen LogP contribution in [0.5, 0.6) is 0 Å². The molecule has 0 unspecified atom stereocenters. The highest BCUT2D eigenvalue weighted by Gasteiger charge is 2.14. The van der Waals surface area contributed by atoms with Gasteiger partial charge in [-0.25, -0.2) is 9.37 Å². The molecule has 0 radical (unpaired) electrons. The van der Waals surface area contributed by atoms with Crippen LogP contribution in [0.3, 0.4) is 0 Å². The van der Waals surface area contributed by atoms with Crippen LogP contribution >= 0.6 is 22.9 Å². The first-order valence-corrected chi connectivity index (χ1v) is 7.62. The third-order valence-electron chi connectivity index (χ3n) is 2.84. The number of hydrogen-bond acceptors (Lipinski definition) is 3. The molecule has 0 saturated heterocycles. The Bertz CT molecular complexity index is 617. The number of nitrogens with zero attached hydrogens (tertiary/aromatic N) is 1. The number of aryl methyl sites for hydroxylation is 1. The Balaban J connectivity index is 2.24. The summed E-state index contributed by atoms with van der Waals surface area (Å²) in [5.74, 6) is -0.404. The molecule has 1 aromatic heterocycles. The molecule has 5 heteroatoms. The first-order valence-electron chi connectivity index (χ1n) is 6.43. The first kappa shape index (κ1) is 15.4. The Morgan fingerprint density at radius 3 is 2.65 bits per heavy atom. The third kappa shape index (κ3) is 3.78. The van der Waals surface area contributed by atoms with E-state index in [-0.39, 0.29) is 10.6 Å². The fraction of sp³-hybridized carbons (Fsp3) is 0.400. The van der Waals surface area contributed by atoms with E-state index in [0.717, 1.165) is 22.8 Å². The van der Waals surface area contributed by atoms with E-state index in [4.69, 9.17) is 11.6 Å². The van der Waals surface area contributed by atoms with Gasteiger partial charge in [-0.1, -0.05) is 11.6 Å². The largest absolute Gasteiger partial charge is 0.307 e. The summed E-state index contributed by atoms with van der Waals surface area (Å²) in [6, 6.07) is 4.71. The molecule has 20 heavy (non-hydrogen) atoms. The van der Waals surface area contributed by atoms with Crippen molar-refractivity contribution in [1.82, 2.24) is 10.3 Å². The number of rotatable bonds is 3. The van der Waals surface area contributed by atoms with Crippen molar-refractivity contribution >= 4 is 22.9 Å². The summed E-state index contributed by atoms with van der Waals surface area (Å²) in [4.78, 5) is 5.74. The van der Waals surface area contributed by atoms with E-state index in [1.807, 2.05) is 6.92 Å². The van der Waals surface area contributed by atoms with Crippen molar-refractivity contribution < 1.29 is 4.39 Å². The highest BCUT2D eigenvalue weighted by Crippen LogP contribution is 2.30. The van der Waals surface area contributed by atoms with Gasteiger partial charge in [-0.3, -0.25) is 0 Å². The van der Waals surface area contributed by atoms with Gasteiger partial charge in [0.05, 0.1) is 10.7 Å². The number of halogens is 2. The molecule has 0 spiro atoms. The first-order chi connectivity index (χ1) is 9.26. The number of aromatic nitrogens is 1. The molecule has 0 amide bonds. The van der Waals surface area contributed by atoms with Crippen LogP contribution in [0, 0.1) is 12.7 Å². The molecule has 0 bridgehead atoms. The van der Waals surface area contributed by atoms with Gasteiger partial charge in [-0.15, -0.1) is 11.3 Å². The summed E-state index contributed by atoms with van der Waals surface area (Å²) in [6.45, 7) is 9.16. The molecule has 1 heterocycles. The van der Waals surface area contributed by atoms with Gasteiger partial charge in [0.2, 0.25) is 0 Å². The van der Waals surface area contributed by atoms with Crippen LogP contribution in [0.25, 0.3) is 10.6 Å². The normalized spacial score (nSPS) is 11.9. The maximum atomic E-state index is 13.2. The minimum atomic E-state index is -0.404. The lowest BCUT2D eigenvalue weighted by atomic mass is 10.1. The Morgan fingerprint density at radius 2 is 2.05 bits per heavy atom. The maximum Gasteiger partial charge on any atom is 0.141 e. The summed E-state index contributed by atoms with van der Waals surface area (Å²) in [7, 11) is 0. The molecule has 2 aromatic rings. The zero-order valence-corrected chi connectivity index (χ0v) is 13.6. The van der Waals surface area contributed by atoms with Crippen molar-refractivity contribution in [3.05, 3.63) is 39.6 Å². The molecule has 108 valence electrons. The minimum Gasteiger partial charge on any atom is -0.307 e. The Kier molecular flexibility index (Phi) is 4.47. The topological polar surface area (TPSA) is 24.9 Å². The van der Waals surface area contributed by atoms with Crippen molar-refractivity contribution in [2.75, 3.05) is 0 Å². The fourth-order valence-electron chi connectivity index (χ4n) is 1.69. The van der Waals surface area contributed by atoms with Gasteiger partial charge in [-0.2, -0.15) is 0 Å². The van der Waals surface area contributed by atoms with Crippen LogP contribution in [0.1, 0.15) is 31.3 Å². The summed E-state index contributed by atoms with van der Waals surface area (Å²) >= 11 is 7.43. The molecule has 0 aliphatic rings. The van der Waals surface area contributed by atoms with E-state index >= 15 is 0 Å². The van der Waals surface area contributed by atoms with Crippen LogP contribution in [0.15, 0.2) is 18.2 Å². The lowest BCUT2D eigenvalue weighted by molar-refractivity contribution is 0.425.